The van der Waals surface area contributed by atoms with E-state index in [1.165, 1.54) is 22.3 Å². The Morgan fingerprint density at radius 2 is 1.28 bits per heavy atom. The number of benzene rings is 2. The van der Waals surface area contributed by atoms with Crippen LogP contribution >= 0.6 is 0 Å². The molecule has 2 aliphatic heterocycles. The van der Waals surface area contributed by atoms with E-state index in [0.29, 0.717) is 19.6 Å². The van der Waals surface area contributed by atoms with Crippen molar-refractivity contribution in [2.75, 3.05) is 13.2 Å². The zero-order valence-corrected chi connectivity index (χ0v) is 14.6. The minimum atomic E-state index is 0.0736. The number of aliphatic imine (C=N–C) groups is 2. The smallest absolute Gasteiger partial charge is 0.193 e. The number of hydrogen-bond donors (Lipinski definition) is 0. The molecule has 2 aromatic rings. The highest BCUT2D eigenvalue weighted by molar-refractivity contribution is 5.98. The summed E-state index contributed by atoms with van der Waals surface area (Å²) in [6.07, 6.45) is 0.532. The molecular formula is C21H22N2O2. The number of rotatable bonds is 4. The Balaban J connectivity index is 1.44. The number of aryl methyl sites for hydroxylation is 2. The normalized spacial score (nSPS) is 22.2. The monoisotopic (exact) mass is 334 g/mol. The molecular weight excluding hydrogens is 312 g/mol. The van der Waals surface area contributed by atoms with Gasteiger partial charge in [-0.15, -0.1) is 0 Å². The summed E-state index contributed by atoms with van der Waals surface area (Å²) in [5.41, 5.74) is 4.88. The van der Waals surface area contributed by atoms with Crippen molar-refractivity contribution >= 4 is 11.8 Å². The summed E-state index contributed by atoms with van der Waals surface area (Å²) in [6.45, 7) is 5.37. The Kier molecular flexibility index (Phi) is 4.26. The van der Waals surface area contributed by atoms with E-state index >= 15 is 0 Å². The lowest BCUT2D eigenvalue weighted by Gasteiger charge is -2.05. The van der Waals surface area contributed by atoms with E-state index < -0.39 is 0 Å². The summed E-state index contributed by atoms with van der Waals surface area (Å²) in [4.78, 5) is 9.42. The molecule has 2 unspecified atom stereocenters. The molecule has 0 aliphatic carbocycles. The van der Waals surface area contributed by atoms with Crippen molar-refractivity contribution in [2.45, 2.75) is 32.4 Å². The Morgan fingerprint density at radius 3 is 1.72 bits per heavy atom. The zero-order chi connectivity index (χ0) is 17.2. The summed E-state index contributed by atoms with van der Waals surface area (Å²) in [6, 6.07) is 17.0. The van der Waals surface area contributed by atoms with Crippen molar-refractivity contribution in [3.8, 4) is 0 Å². The van der Waals surface area contributed by atoms with Gasteiger partial charge in [-0.1, -0.05) is 59.7 Å². The highest BCUT2D eigenvalue weighted by Crippen LogP contribution is 2.27. The molecule has 4 rings (SSSR count). The summed E-state index contributed by atoms with van der Waals surface area (Å²) in [7, 11) is 0. The topological polar surface area (TPSA) is 43.2 Å². The minimum absolute atomic E-state index is 0.0736. The molecule has 2 aromatic carbocycles. The molecule has 0 radical (unpaired) electrons. The van der Waals surface area contributed by atoms with E-state index in [1.807, 2.05) is 0 Å². The van der Waals surface area contributed by atoms with Crippen molar-refractivity contribution in [3.63, 3.8) is 0 Å². The van der Waals surface area contributed by atoms with E-state index in [4.69, 9.17) is 19.5 Å². The predicted octanol–water partition coefficient (Wildman–Crippen LogP) is 4.33. The predicted molar refractivity (Wildman–Crippen MR) is 99.2 cm³/mol. The van der Waals surface area contributed by atoms with Crippen LogP contribution in [-0.4, -0.2) is 25.0 Å². The second kappa shape index (κ2) is 6.71. The molecule has 0 bridgehead atoms. The van der Waals surface area contributed by atoms with Crippen LogP contribution in [0.2, 0.25) is 0 Å². The van der Waals surface area contributed by atoms with E-state index in [1.54, 1.807) is 0 Å². The van der Waals surface area contributed by atoms with E-state index in [9.17, 15) is 0 Å². The van der Waals surface area contributed by atoms with Gasteiger partial charge in [0.05, 0.1) is 6.42 Å². The molecule has 0 amide bonds. The quantitative estimate of drug-likeness (QED) is 0.835. The highest BCUT2D eigenvalue weighted by Gasteiger charge is 2.26. The molecule has 0 N–H and O–H groups in total. The maximum atomic E-state index is 5.77. The Hall–Kier alpha value is -2.62. The van der Waals surface area contributed by atoms with Gasteiger partial charge in [0.1, 0.15) is 25.3 Å². The molecule has 2 atom stereocenters. The largest absolute Gasteiger partial charge is 0.478 e. The van der Waals surface area contributed by atoms with Gasteiger partial charge in [0.2, 0.25) is 0 Å². The van der Waals surface area contributed by atoms with Gasteiger partial charge in [0.25, 0.3) is 0 Å². The summed E-state index contributed by atoms with van der Waals surface area (Å²) < 4.78 is 11.5. The van der Waals surface area contributed by atoms with Crippen molar-refractivity contribution in [3.05, 3.63) is 70.8 Å². The lowest BCUT2D eigenvalue weighted by atomic mass is 10.1. The molecule has 2 aliphatic rings. The molecule has 0 spiro atoms. The third kappa shape index (κ3) is 3.58. The van der Waals surface area contributed by atoms with Gasteiger partial charge in [-0.3, -0.25) is 0 Å². The first-order valence-corrected chi connectivity index (χ1v) is 8.69. The van der Waals surface area contributed by atoms with E-state index in [2.05, 4.69) is 62.4 Å². The first kappa shape index (κ1) is 15.9. The van der Waals surface area contributed by atoms with Crippen LogP contribution in [0.4, 0.5) is 0 Å². The van der Waals surface area contributed by atoms with Crippen LogP contribution in [0.5, 0.6) is 0 Å². The molecule has 2 heterocycles. The van der Waals surface area contributed by atoms with Gasteiger partial charge >= 0.3 is 0 Å². The third-order valence-electron chi connectivity index (χ3n) is 4.57. The molecule has 0 fully saturated rings. The Morgan fingerprint density at radius 1 is 0.800 bits per heavy atom. The fourth-order valence-corrected chi connectivity index (χ4v) is 3.27. The van der Waals surface area contributed by atoms with Gasteiger partial charge in [-0.2, -0.15) is 0 Å². The number of hydrogen-bond acceptors (Lipinski definition) is 4. The molecule has 0 saturated carbocycles. The maximum absolute atomic E-state index is 5.77. The summed E-state index contributed by atoms with van der Waals surface area (Å²) in [5, 5.41) is 0. The Labute approximate surface area is 148 Å². The molecule has 4 heteroatoms. The van der Waals surface area contributed by atoms with Crippen molar-refractivity contribution in [2.24, 2.45) is 9.98 Å². The lowest BCUT2D eigenvalue weighted by Crippen LogP contribution is -2.08. The lowest BCUT2D eigenvalue weighted by molar-refractivity contribution is 0.300. The summed E-state index contributed by atoms with van der Waals surface area (Å²) >= 11 is 0. The average Bonchev–Trinajstić information content (AvgIpc) is 3.25. The number of nitrogens with zero attached hydrogens (tertiary/aromatic N) is 2. The van der Waals surface area contributed by atoms with E-state index in [-0.39, 0.29) is 12.1 Å². The second-order valence-corrected chi connectivity index (χ2v) is 6.70. The summed E-state index contributed by atoms with van der Waals surface area (Å²) in [5.74, 6) is 1.44. The molecule has 4 nitrogen and oxygen atoms in total. The molecule has 0 saturated heterocycles. The number of ether oxygens (including phenoxy) is 2. The standard InChI is InChI=1S/C21H22N2O2/c1-14-5-3-7-16(9-14)18-12-24-20(22-18)11-21-23-19(13-25-21)17-8-4-6-15(2)10-17/h3-10,18-19H,11-13H2,1-2H3. The van der Waals surface area contributed by atoms with Crippen LogP contribution < -0.4 is 0 Å². The van der Waals surface area contributed by atoms with E-state index in [0.717, 1.165) is 11.8 Å². The van der Waals surface area contributed by atoms with Crippen LogP contribution in [0, 0.1) is 13.8 Å². The van der Waals surface area contributed by atoms with Crippen LogP contribution in [0.1, 0.15) is 40.8 Å². The van der Waals surface area contributed by atoms with Crippen molar-refractivity contribution in [1.82, 2.24) is 0 Å². The van der Waals surface area contributed by atoms with Gasteiger partial charge in [0.15, 0.2) is 11.8 Å². The van der Waals surface area contributed by atoms with Crippen LogP contribution in [-0.2, 0) is 9.47 Å². The molecule has 128 valence electrons. The fraction of sp³-hybridized carbons (Fsp3) is 0.333. The zero-order valence-electron chi connectivity index (χ0n) is 14.6. The first-order chi connectivity index (χ1) is 12.2. The molecule has 0 aromatic heterocycles. The maximum Gasteiger partial charge on any atom is 0.193 e. The average molecular weight is 334 g/mol. The van der Waals surface area contributed by atoms with Crippen LogP contribution in [0.15, 0.2) is 58.5 Å². The van der Waals surface area contributed by atoms with Gasteiger partial charge < -0.3 is 9.47 Å². The first-order valence-electron chi connectivity index (χ1n) is 8.69. The van der Waals surface area contributed by atoms with Crippen LogP contribution in [0.3, 0.4) is 0 Å². The third-order valence-corrected chi connectivity index (χ3v) is 4.57. The van der Waals surface area contributed by atoms with Crippen molar-refractivity contribution in [1.29, 1.82) is 0 Å². The second-order valence-electron chi connectivity index (χ2n) is 6.70. The highest BCUT2D eigenvalue weighted by atomic mass is 16.5. The Bertz CT molecular complexity index is 772. The fourth-order valence-electron chi connectivity index (χ4n) is 3.27. The van der Waals surface area contributed by atoms with Crippen molar-refractivity contribution < 1.29 is 9.47 Å². The minimum Gasteiger partial charge on any atom is -0.478 e. The van der Waals surface area contributed by atoms with Gasteiger partial charge in [-0.05, 0) is 25.0 Å². The van der Waals surface area contributed by atoms with Crippen LogP contribution in [0.25, 0.3) is 0 Å². The van der Waals surface area contributed by atoms with Gasteiger partial charge in [0, 0.05) is 0 Å². The van der Waals surface area contributed by atoms with Gasteiger partial charge in [-0.25, -0.2) is 9.98 Å². The molecule has 25 heavy (non-hydrogen) atoms. The SMILES string of the molecule is Cc1cccc(C2COC(CC3=NC(c4cccc(C)c4)CO3)=N2)c1.